The third kappa shape index (κ3) is 3.95. The minimum Gasteiger partial charge on any atom is -0.474 e. The van der Waals surface area contributed by atoms with E-state index in [1.807, 2.05) is 0 Å². The molecule has 1 atom stereocenters. The Labute approximate surface area is 135 Å². The second-order valence-corrected chi connectivity index (χ2v) is 5.72. The van der Waals surface area contributed by atoms with E-state index in [2.05, 4.69) is 31.9 Å². The van der Waals surface area contributed by atoms with Gasteiger partial charge in [0, 0.05) is 19.2 Å². The molecular formula is C15H22N6O2. The summed E-state index contributed by atoms with van der Waals surface area (Å²) < 4.78 is 11.2. The van der Waals surface area contributed by atoms with E-state index in [1.54, 1.807) is 6.07 Å². The Kier molecular flexibility index (Phi) is 5.02. The second-order valence-electron chi connectivity index (χ2n) is 5.72. The predicted molar refractivity (Wildman–Crippen MR) is 83.6 cm³/mol. The number of nitrogens with two attached hydrogens (primary N) is 1. The first-order chi connectivity index (χ1) is 11.3. The number of piperidine rings is 1. The molecular weight excluding hydrogens is 296 g/mol. The average Bonchev–Trinajstić information content (AvgIpc) is 3.08. The zero-order valence-corrected chi connectivity index (χ0v) is 13.3. The smallest absolute Gasteiger partial charge is 0.243 e. The summed E-state index contributed by atoms with van der Waals surface area (Å²) in [6.07, 6.45) is 6.97. The fourth-order valence-corrected chi connectivity index (χ4v) is 2.96. The van der Waals surface area contributed by atoms with Gasteiger partial charge in [0.2, 0.25) is 11.8 Å². The number of ether oxygens (including phenoxy) is 1. The summed E-state index contributed by atoms with van der Waals surface area (Å²) in [7, 11) is 0. The van der Waals surface area contributed by atoms with E-state index >= 15 is 0 Å². The molecule has 3 rings (SSSR count). The van der Waals surface area contributed by atoms with Gasteiger partial charge in [-0.25, -0.2) is 9.97 Å². The van der Waals surface area contributed by atoms with Crippen LogP contribution in [0.4, 0.5) is 5.82 Å². The van der Waals surface area contributed by atoms with Gasteiger partial charge in [0.05, 0.1) is 6.04 Å². The fourth-order valence-electron chi connectivity index (χ4n) is 2.96. The van der Waals surface area contributed by atoms with Crippen molar-refractivity contribution in [1.29, 1.82) is 0 Å². The van der Waals surface area contributed by atoms with E-state index in [0.717, 1.165) is 38.8 Å². The van der Waals surface area contributed by atoms with E-state index in [-0.39, 0.29) is 12.1 Å². The van der Waals surface area contributed by atoms with Crippen LogP contribution in [0.5, 0.6) is 5.88 Å². The van der Waals surface area contributed by atoms with Crippen molar-refractivity contribution in [2.24, 2.45) is 0 Å². The molecule has 0 bridgehead atoms. The molecule has 0 saturated carbocycles. The Balaban J connectivity index is 1.57. The highest BCUT2D eigenvalue weighted by Crippen LogP contribution is 2.28. The van der Waals surface area contributed by atoms with Gasteiger partial charge in [-0.1, -0.05) is 18.5 Å². The van der Waals surface area contributed by atoms with Gasteiger partial charge in [0.1, 0.15) is 18.2 Å². The summed E-state index contributed by atoms with van der Waals surface area (Å²) in [6, 6.07) is 1.85. The molecule has 0 spiro atoms. The Morgan fingerprint density at radius 3 is 2.78 bits per heavy atom. The molecule has 1 unspecified atom stereocenters. The maximum atomic E-state index is 5.91. The lowest BCUT2D eigenvalue weighted by molar-refractivity contribution is 0.0587. The minimum atomic E-state index is 0.144. The quantitative estimate of drug-likeness (QED) is 0.860. The monoisotopic (exact) mass is 318 g/mol. The Bertz CT molecular complexity index is 598. The van der Waals surface area contributed by atoms with E-state index < -0.39 is 0 Å². The Morgan fingerprint density at radius 2 is 2.13 bits per heavy atom. The Morgan fingerprint density at radius 1 is 1.30 bits per heavy atom. The van der Waals surface area contributed by atoms with Crippen molar-refractivity contribution in [3.63, 3.8) is 0 Å². The summed E-state index contributed by atoms with van der Waals surface area (Å²) >= 11 is 0. The lowest BCUT2D eigenvalue weighted by atomic mass is 10.0. The lowest BCUT2D eigenvalue weighted by Gasteiger charge is -2.35. The summed E-state index contributed by atoms with van der Waals surface area (Å²) in [5.74, 6) is 1.67. The standard InChI is InChI=1S/C15H22N6O2/c1-2-3-12(15-19-10-20-23-15)21-6-4-11(5-7-21)22-14-8-13(16)17-9-18-14/h8-12H,2-7H2,1H3,(H2,16,17,18). The van der Waals surface area contributed by atoms with E-state index in [0.29, 0.717) is 17.6 Å². The number of rotatable bonds is 6. The van der Waals surface area contributed by atoms with Crippen LogP contribution in [-0.4, -0.2) is 44.2 Å². The SMILES string of the molecule is CCCC(c1ncno1)N1CCC(Oc2cc(N)ncn2)CC1. The van der Waals surface area contributed by atoms with Crippen LogP contribution in [0.15, 0.2) is 23.2 Å². The number of nitrogens with zero attached hydrogens (tertiary/aromatic N) is 5. The average molecular weight is 318 g/mol. The maximum absolute atomic E-state index is 5.91. The molecule has 0 aromatic carbocycles. The first kappa shape index (κ1) is 15.7. The van der Waals surface area contributed by atoms with Crippen molar-refractivity contribution >= 4 is 5.82 Å². The number of aromatic nitrogens is 4. The van der Waals surface area contributed by atoms with Crippen LogP contribution < -0.4 is 10.5 Å². The number of hydrogen-bond acceptors (Lipinski definition) is 8. The molecule has 0 aliphatic carbocycles. The van der Waals surface area contributed by atoms with Crippen LogP contribution in [0.3, 0.4) is 0 Å². The van der Waals surface area contributed by atoms with Crippen LogP contribution in [0.25, 0.3) is 0 Å². The van der Waals surface area contributed by atoms with Crippen LogP contribution in [-0.2, 0) is 0 Å². The molecule has 1 fully saturated rings. The molecule has 3 heterocycles. The molecule has 8 nitrogen and oxygen atoms in total. The molecule has 8 heteroatoms. The zero-order valence-electron chi connectivity index (χ0n) is 13.3. The van der Waals surface area contributed by atoms with Gasteiger partial charge >= 0.3 is 0 Å². The molecule has 23 heavy (non-hydrogen) atoms. The summed E-state index contributed by atoms with van der Waals surface area (Å²) in [5.41, 5.74) is 5.65. The normalized spacial score (nSPS) is 18.0. The van der Waals surface area contributed by atoms with Gasteiger partial charge < -0.3 is 15.0 Å². The summed E-state index contributed by atoms with van der Waals surface area (Å²) in [6.45, 7) is 4.02. The van der Waals surface area contributed by atoms with E-state index in [9.17, 15) is 0 Å². The number of hydrogen-bond donors (Lipinski definition) is 1. The van der Waals surface area contributed by atoms with Crippen molar-refractivity contribution in [2.75, 3.05) is 18.8 Å². The molecule has 0 radical (unpaired) electrons. The number of anilines is 1. The zero-order chi connectivity index (χ0) is 16.1. The Hall–Kier alpha value is -2.22. The van der Waals surface area contributed by atoms with Gasteiger partial charge in [0.15, 0.2) is 6.33 Å². The number of likely N-dealkylation sites (tertiary alicyclic amines) is 1. The van der Waals surface area contributed by atoms with Gasteiger partial charge in [-0.15, -0.1) is 0 Å². The van der Waals surface area contributed by atoms with Gasteiger partial charge in [-0.2, -0.15) is 4.98 Å². The topological polar surface area (TPSA) is 103 Å². The first-order valence-corrected chi connectivity index (χ1v) is 8.01. The molecule has 0 amide bonds. The van der Waals surface area contributed by atoms with Gasteiger partial charge in [-0.05, 0) is 19.3 Å². The molecule has 1 aliphatic rings. The summed E-state index contributed by atoms with van der Waals surface area (Å²) in [4.78, 5) is 14.6. The van der Waals surface area contributed by atoms with Crippen LogP contribution >= 0.6 is 0 Å². The van der Waals surface area contributed by atoms with E-state index in [1.165, 1.54) is 12.7 Å². The minimum absolute atomic E-state index is 0.144. The molecule has 124 valence electrons. The van der Waals surface area contributed by atoms with E-state index in [4.69, 9.17) is 15.0 Å². The maximum Gasteiger partial charge on any atom is 0.243 e. The lowest BCUT2D eigenvalue weighted by Crippen LogP contribution is -2.40. The molecule has 2 aromatic heterocycles. The number of nitrogen functional groups attached to an aromatic ring is 1. The van der Waals surface area contributed by atoms with Crippen LogP contribution in [0.2, 0.25) is 0 Å². The second kappa shape index (κ2) is 7.36. The van der Waals surface area contributed by atoms with Crippen LogP contribution in [0, 0.1) is 0 Å². The van der Waals surface area contributed by atoms with Gasteiger partial charge in [0.25, 0.3) is 0 Å². The van der Waals surface area contributed by atoms with Crippen molar-refractivity contribution in [2.45, 2.75) is 44.8 Å². The van der Waals surface area contributed by atoms with Crippen molar-refractivity contribution in [3.8, 4) is 5.88 Å². The highest BCUT2D eigenvalue weighted by molar-refractivity contribution is 5.30. The summed E-state index contributed by atoms with van der Waals surface area (Å²) in [5, 5.41) is 3.74. The third-order valence-corrected chi connectivity index (χ3v) is 4.09. The van der Waals surface area contributed by atoms with Crippen LogP contribution in [0.1, 0.15) is 44.5 Å². The highest BCUT2D eigenvalue weighted by atomic mass is 16.5. The third-order valence-electron chi connectivity index (χ3n) is 4.09. The fraction of sp³-hybridized carbons (Fsp3) is 0.600. The van der Waals surface area contributed by atoms with Crippen molar-refractivity contribution in [3.05, 3.63) is 24.6 Å². The van der Waals surface area contributed by atoms with Crippen molar-refractivity contribution < 1.29 is 9.26 Å². The molecule has 2 N–H and O–H groups in total. The van der Waals surface area contributed by atoms with Crippen molar-refractivity contribution in [1.82, 2.24) is 25.0 Å². The highest BCUT2D eigenvalue weighted by Gasteiger charge is 2.29. The largest absolute Gasteiger partial charge is 0.474 e. The molecule has 1 aliphatic heterocycles. The van der Waals surface area contributed by atoms with Gasteiger partial charge in [-0.3, -0.25) is 4.90 Å². The molecule has 1 saturated heterocycles. The molecule has 2 aromatic rings. The first-order valence-electron chi connectivity index (χ1n) is 8.01. The predicted octanol–water partition coefficient (Wildman–Crippen LogP) is 1.83.